The summed E-state index contributed by atoms with van der Waals surface area (Å²) in [4.78, 5) is 0. The van der Waals surface area contributed by atoms with E-state index in [0.29, 0.717) is 22.9 Å². The number of likely N-dealkylation sites (N-methyl/N-ethyl adjacent to an activating group) is 1. The van der Waals surface area contributed by atoms with Gasteiger partial charge < -0.3 is 5.32 Å². The summed E-state index contributed by atoms with van der Waals surface area (Å²) in [6.45, 7) is 2.16. The first-order valence-corrected chi connectivity index (χ1v) is 7.70. The van der Waals surface area contributed by atoms with Crippen LogP contribution in [0.15, 0.2) is 48.5 Å². The summed E-state index contributed by atoms with van der Waals surface area (Å²) in [6.07, 6.45) is 1.57. The monoisotopic (exact) mass is 305 g/mol. The summed E-state index contributed by atoms with van der Waals surface area (Å²) in [6, 6.07) is 15.4. The van der Waals surface area contributed by atoms with Crippen molar-refractivity contribution in [1.82, 2.24) is 5.32 Å². The molecule has 2 unspecified atom stereocenters. The van der Waals surface area contributed by atoms with Crippen molar-refractivity contribution in [2.45, 2.75) is 31.7 Å². The number of halogens is 2. The summed E-state index contributed by atoms with van der Waals surface area (Å²) in [5, 5.41) is 3.83. The maximum Gasteiger partial charge on any atom is 0.127 e. The Bertz CT molecular complexity index is 550. The van der Waals surface area contributed by atoms with Crippen LogP contribution in [0.3, 0.4) is 0 Å². The van der Waals surface area contributed by atoms with Gasteiger partial charge in [0.1, 0.15) is 5.82 Å². The number of hydrogen-bond acceptors (Lipinski definition) is 1. The summed E-state index contributed by atoms with van der Waals surface area (Å²) < 4.78 is 14.0. The second-order valence-electron chi connectivity index (χ2n) is 5.22. The molecule has 1 N–H and O–H groups in total. The number of hydrogen-bond donors (Lipinski definition) is 1. The molecule has 0 radical (unpaired) electrons. The standard InChI is InChI=1S/C18H21ClFN/c1-3-14(13-8-5-4-6-9-13)18(21-2)12-15-16(19)10-7-11-17(15)20/h4-11,14,18,21H,3,12H2,1-2H3. The van der Waals surface area contributed by atoms with Gasteiger partial charge in [-0.3, -0.25) is 0 Å². The van der Waals surface area contributed by atoms with E-state index < -0.39 is 0 Å². The fourth-order valence-corrected chi connectivity index (χ4v) is 3.09. The van der Waals surface area contributed by atoms with E-state index >= 15 is 0 Å². The largest absolute Gasteiger partial charge is 0.316 e. The summed E-state index contributed by atoms with van der Waals surface area (Å²) in [5.41, 5.74) is 1.86. The lowest BCUT2D eigenvalue weighted by Crippen LogP contribution is -2.34. The van der Waals surface area contributed by atoms with E-state index in [4.69, 9.17) is 11.6 Å². The van der Waals surface area contributed by atoms with Crippen LogP contribution in [0.2, 0.25) is 5.02 Å². The Labute approximate surface area is 131 Å². The van der Waals surface area contributed by atoms with E-state index in [1.54, 1.807) is 12.1 Å². The van der Waals surface area contributed by atoms with Crippen molar-refractivity contribution < 1.29 is 4.39 Å². The van der Waals surface area contributed by atoms with Gasteiger partial charge in [0.25, 0.3) is 0 Å². The molecule has 0 bridgehead atoms. The second-order valence-corrected chi connectivity index (χ2v) is 5.63. The minimum atomic E-state index is -0.231. The molecule has 0 saturated carbocycles. The first kappa shape index (κ1) is 16.0. The molecule has 2 rings (SSSR count). The minimum absolute atomic E-state index is 0.145. The Kier molecular flexibility index (Phi) is 5.77. The van der Waals surface area contributed by atoms with Crippen LogP contribution in [0.4, 0.5) is 4.39 Å². The molecule has 0 amide bonds. The second kappa shape index (κ2) is 7.58. The maximum atomic E-state index is 14.0. The van der Waals surface area contributed by atoms with Crippen LogP contribution in [0.1, 0.15) is 30.4 Å². The zero-order valence-electron chi connectivity index (χ0n) is 12.4. The van der Waals surface area contributed by atoms with Crippen molar-refractivity contribution in [3.05, 3.63) is 70.5 Å². The molecular weight excluding hydrogens is 285 g/mol. The highest BCUT2D eigenvalue weighted by molar-refractivity contribution is 6.31. The van der Waals surface area contributed by atoms with Crippen LogP contribution in [0, 0.1) is 5.82 Å². The van der Waals surface area contributed by atoms with E-state index in [1.807, 2.05) is 25.2 Å². The zero-order chi connectivity index (χ0) is 15.2. The molecule has 0 aromatic heterocycles. The molecule has 2 atom stereocenters. The Hall–Kier alpha value is -1.38. The molecule has 0 aliphatic rings. The Morgan fingerprint density at radius 3 is 2.38 bits per heavy atom. The quantitative estimate of drug-likeness (QED) is 0.808. The molecule has 2 aromatic carbocycles. The number of rotatable bonds is 6. The highest BCUT2D eigenvalue weighted by atomic mass is 35.5. The van der Waals surface area contributed by atoms with Crippen LogP contribution in [-0.4, -0.2) is 13.1 Å². The first-order chi connectivity index (χ1) is 10.2. The molecule has 0 heterocycles. The van der Waals surface area contributed by atoms with Crippen molar-refractivity contribution >= 4 is 11.6 Å². The molecule has 112 valence electrons. The third-order valence-electron chi connectivity index (χ3n) is 4.01. The van der Waals surface area contributed by atoms with Crippen LogP contribution in [0.25, 0.3) is 0 Å². The lowest BCUT2D eigenvalue weighted by atomic mass is 9.85. The average Bonchev–Trinajstić information content (AvgIpc) is 2.51. The van der Waals surface area contributed by atoms with Gasteiger partial charge in [0.2, 0.25) is 0 Å². The molecule has 2 aromatic rings. The van der Waals surface area contributed by atoms with Crippen molar-refractivity contribution in [3.8, 4) is 0 Å². The van der Waals surface area contributed by atoms with E-state index in [-0.39, 0.29) is 11.9 Å². The van der Waals surface area contributed by atoms with Gasteiger partial charge in [-0.1, -0.05) is 54.9 Å². The summed E-state index contributed by atoms with van der Waals surface area (Å²) >= 11 is 6.16. The maximum absolute atomic E-state index is 14.0. The highest BCUT2D eigenvalue weighted by Crippen LogP contribution is 2.28. The molecule has 1 nitrogen and oxygen atoms in total. The van der Waals surface area contributed by atoms with Crippen molar-refractivity contribution in [2.75, 3.05) is 7.05 Å². The van der Waals surface area contributed by atoms with E-state index in [9.17, 15) is 4.39 Å². The summed E-state index contributed by atoms with van der Waals surface area (Å²) in [5.74, 6) is 0.0949. The van der Waals surface area contributed by atoms with Gasteiger partial charge in [-0.25, -0.2) is 4.39 Å². The number of benzene rings is 2. The first-order valence-electron chi connectivity index (χ1n) is 7.32. The Balaban J connectivity index is 2.26. The molecule has 21 heavy (non-hydrogen) atoms. The molecule has 0 fully saturated rings. The molecular formula is C18H21ClFN. The van der Waals surface area contributed by atoms with Gasteiger partial charge in [-0.05, 0) is 43.5 Å². The molecule has 0 aliphatic heterocycles. The van der Waals surface area contributed by atoms with Gasteiger partial charge in [0, 0.05) is 16.6 Å². The SMILES string of the molecule is CCC(c1ccccc1)C(Cc1c(F)cccc1Cl)NC. The highest BCUT2D eigenvalue weighted by Gasteiger charge is 2.22. The van der Waals surface area contributed by atoms with Gasteiger partial charge in [-0.2, -0.15) is 0 Å². The lowest BCUT2D eigenvalue weighted by molar-refractivity contribution is 0.441. The lowest BCUT2D eigenvalue weighted by Gasteiger charge is -2.27. The average molecular weight is 306 g/mol. The van der Waals surface area contributed by atoms with Crippen LogP contribution >= 0.6 is 11.6 Å². The molecule has 0 aliphatic carbocycles. The topological polar surface area (TPSA) is 12.0 Å². The Morgan fingerprint density at radius 2 is 1.81 bits per heavy atom. The van der Waals surface area contributed by atoms with Crippen LogP contribution < -0.4 is 5.32 Å². The normalized spacial score (nSPS) is 13.9. The summed E-state index contributed by atoms with van der Waals surface area (Å²) in [7, 11) is 1.92. The third-order valence-corrected chi connectivity index (χ3v) is 4.36. The fraction of sp³-hybridized carbons (Fsp3) is 0.333. The van der Waals surface area contributed by atoms with E-state index in [0.717, 1.165) is 6.42 Å². The number of nitrogens with one attached hydrogen (secondary N) is 1. The smallest absolute Gasteiger partial charge is 0.127 e. The van der Waals surface area contributed by atoms with Crippen LogP contribution in [0.5, 0.6) is 0 Å². The van der Waals surface area contributed by atoms with Gasteiger partial charge in [0.05, 0.1) is 0 Å². The van der Waals surface area contributed by atoms with E-state index in [1.165, 1.54) is 11.6 Å². The Morgan fingerprint density at radius 1 is 1.10 bits per heavy atom. The fourth-order valence-electron chi connectivity index (χ4n) is 2.85. The molecule has 0 saturated heterocycles. The van der Waals surface area contributed by atoms with Gasteiger partial charge in [0.15, 0.2) is 0 Å². The minimum Gasteiger partial charge on any atom is -0.316 e. The van der Waals surface area contributed by atoms with Crippen molar-refractivity contribution in [2.24, 2.45) is 0 Å². The predicted molar refractivity (Wildman–Crippen MR) is 87.4 cm³/mol. The zero-order valence-corrected chi connectivity index (χ0v) is 13.2. The van der Waals surface area contributed by atoms with Crippen LogP contribution in [-0.2, 0) is 6.42 Å². The predicted octanol–water partition coefficient (Wildman–Crippen LogP) is 4.80. The van der Waals surface area contributed by atoms with E-state index in [2.05, 4.69) is 24.4 Å². The van der Waals surface area contributed by atoms with Crippen molar-refractivity contribution in [1.29, 1.82) is 0 Å². The third kappa shape index (κ3) is 3.84. The molecule has 3 heteroatoms. The van der Waals surface area contributed by atoms with Gasteiger partial charge >= 0.3 is 0 Å². The van der Waals surface area contributed by atoms with Crippen molar-refractivity contribution in [3.63, 3.8) is 0 Å². The molecule has 0 spiro atoms. The van der Waals surface area contributed by atoms with Gasteiger partial charge in [-0.15, -0.1) is 0 Å².